The van der Waals surface area contributed by atoms with Crippen LogP contribution in [0.3, 0.4) is 0 Å². The molecular weight excluding hydrogens is 443 g/mol. The smallest absolute Gasteiger partial charge is 0.213 e. The van der Waals surface area contributed by atoms with E-state index in [1.807, 2.05) is 19.1 Å². The Balaban J connectivity index is 0.00000288. The first kappa shape index (κ1) is 21.2. The lowest BCUT2D eigenvalue weighted by Crippen LogP contribution is -2.42. The number of nitrogens with one attached hydrogen (secondary N) is 3. The van der Waals surface area contributed by atoms with Gasteiger partial charge in [0.2, 0.25) is 10.0 Å². The molecule has 7 nitrogen and oxygen atoms in total. The minimum Gasteiger partial charge on any atom is -0.467 e. The maximum atomic E-state index is 11.9. The Hall–Kier alpha value is -0.810. The number of nitrogens with zero attached hydrogens (tertiary/aromatic N) is 1. The first-order valence-corrected chi connectivity index (χ1v) is 9.76. The average Bonchev–Trinajstić information content (AvgIpc) is 2.96. The lowest BCUT2D eigenvalue weighted by Gasteiger charge is -2.25. The highest BCUT2D eigenvalue weighted by atomic mass is 127. The van der Waals surface area contributed by atoms with Gasteiger partial charge in [0.15, 0.2) is 5.96 Å². The van der Waals surface area contributed by atoms with E-state index in [1.165, 1.54) is 6.42 Å². The van der Waals surface area contributed by atoms with Crippen molar-refractivity contribution in [3.05, 3.63) is 24.2 Å². The van der Waals surface area contributed by atoms with Gasteiger partial charge in [-0.1, -0.05) is 6.42 Å². The summed E-state index contributed by atoms with van der Waals surface area (Å²) < 4.78 is 31.8. The highest BCUT2D eigenvalue weighted by Gasteiger charge is 2.20. The summed E-state index contributed by atoms with van der Waals surface area (Å²) in [6, 6.07) is 3.66. The zero-order chi connectivity index (χ0) is 16.5. The Morgan fingerprint density at radius 1 is 1.38 bits per heavy atom. The van der Waals surface area contributed by atoms with Gasteiger partial charge in [-0.15, -0.1) is 24.0 Å². The third-order valence-corrected chi connectivity index (χ3v) is 5.15. The van der Waals surface area contributed by atoms with E-state index in [-0.39, 0.29) is 29.7 Å². The van der Waals surface area contributed by atoms with E-state index in [9.17, 15) is 8.42 Å². The maximum absolute atomic E-state index is 11.9. The second kappa shape index (κ2) is 10.9. The predicted octanol–water partition coefficient (Wildman–Crippen LogP) is 1.67. The van der Waals surface area contributed by atoms with Crippen LogP contribution in [0.2, 0.25) is 0 Å². The topological polar surface area (TPSA) is 95.7 Å². The van der Waals surface area contributed by atoms with Gasteiger partial charge < -0.3 is 15.1 Å². The molecule has 9 heteroatoms. The molecule has 0 spiro atoms. The van der Waals surface area contributed by atoms with Crippen molar-refractivity contribution < 1.29 is 12.8 Å². The molecule has 1 aromatic rings. The van der Waals surface area contributed by atoms with Gasteiger partial charge in [-0.25, -0.2) is 18.1 Å². The van der Waals surface area contributed by atoms with Crippen molar-refractivity contribution in [2.75, 3.05) is 25.4 Å². The second-order valence-corrected chi connectivity index (χ2v) is 7.59. The summed E-state index contributed by atoms with van der Waals surface area (Å²) in [4.78, 5) is 4.36. The molecule has 0 radical (unpaired) electrons. The number of rotatable bonds is 9. The third kappa shape index (κ3) is 7.84. The van der Waals surface area contributed by atoms with E-state index >= 15 is 0 Å². The zero-order valence-corrected chi connectivity index (χ0v) is 17.1. The normalized spacial score (nSPS) is 15.5. The molecule has 0 aliphatic heterocycles. The SMILES string of the molecule is CCNC(=NCc1ccco1)NCCS(=O)(=O)NCC1CCC1.I. The van der Waals surface area contributed by atoms with Crippen LogP contribution in [0.25, 0.3) is 0 Å². The summed E-state index contributed by atoms with van der Waals surface area (Å²) in [6.07, 6.45) is 5.08. The highest BCUT2D eigenvalue weighted by molar-refractivity contribution is 14.0. The van der Waals surface area contributed by atoms with E-state index in [4.69, 9.17) is 4.42 Å². The molecule has 138 valence electrons. The molecule has 2 rings (SSSR count). The van der Waals surface area contributed by atoms with Crippen LogP contribution >= 0.6 is 24.0 Å². The van der Waals surface area contributed by atoms with Crippen molar-refractivity contribution in [2.45, 2.75) is 32.7 Å². The molecule has 0 amide bonds. The highest BCUT2D eigenvalue weighted by Crippen LogP contribution is 2.25. The summed E-state index contributed by atoms with van der Waals surface area (Å²) >= 11 is 0. The molecule has 3 N–H and O–H groups in total. The lowest BCUT2D eigenvalue weighted by molar-refractivity contribution is 0.316. The van der Waals surface area contributed by atoms with Crippen LogP contribution in [0.5, 0.6) is 0 Å². The van der Waals surface area contributed by atoms with Crippen LogP contribution in [0, 0.1) is 5.92 Å². The second-order valence-electron chi connectivity index (χ2n) is 5.67. The minimum atomic E-state index is -3.24. The molecule has 0 aromatic carbocycles. The molecule has 1 heterocycles. The Kier molecular flexibility index (Phi) is 9.67. The fourth-order valence-corrected chi connectivity index (χ4v) is 3.22. The van der Waals surface area contributed by atoms with Crippen LogP contribution in [0.1, 0.15) is 31.9 Å². The average molecular weight is 470 g/mol. The summed E-state index contributed by atoms with van der Waals surface area (Å²) in [7, 11) is -3.24. The first-order valence-electron chi connectivity index (χ1n) is 8.11. The molecule has 24 heavy (non-hydrogen) atoms. The number of guanidine groups is 1. The van der Waals surface area contributed by atoms with Gasteiger partial charge in [0, 0.05) is 19.6 Å². The number of hydrogen-bond acceptors (Lipinski definition) is 4. The van der Waals surface area contributed by atoms with E-state index in [2.05, 4.69) is 20.3 Å². The van der Waals surface area contributed by atoms with Crippen molar-refractivity contribution >= 4 is 40.0 Å². The van der Waals surface area contributed by atoms with Crippen molar-refractivity contribution in [1.29, 1.82) is 0 Å². The summed E-state index contributed by atoms with van der Waals surface area (Å²) in [5.74, 6) is 1.89. The first-order chi connectivity index (χ1) is 11.1. The molecule has 1 saturated carbocycles. The third-order valence-electron chi connectivity index (χ3n) is 3.80. The number of aliphatic imine (C=N–C) groups is 1. The van der Waals surface area contributed by atoms with Crippen molar-refractivity contribution in [1.82, 2.24) is 15.4 Å². The van der Waals surface area contributed by atoms with Gasteiger partial charge in [0.25, 0.3) is 0 Å². The van der Waals surface area contributed by atoms with Gasteiger partial charge in [-0.05, 0) is 37.8 Å². The predicted molar refractivity (Wildman–Crippen MR) is 106 cm³/mol. The van der Waals surface area contributed by atoms with Gasteiger partial charge >= 0.3 is 0 Å². The van der Waals surface area contributed by atoms with E-state index in [0.29, 0.717) is 38.1 Å². The fraction of sp³-hybridized carbons (Fsp3) is 0.667. The molecule has 0 bridgehead atoms. The van der Waals surface area contributed by atoms with Crippen LogP contribution in [-0.4, -0.2) is 39.8 Å². The van der Waals surface area contributed by atoms with Crippen LogP contribution in [0.4, 0.5) is 0 Å². The molecule has 0 saturated heterocycles. The molecule has 0 atom stereocenters. The zero-order valence-electron chi connectivity index (χ0n) is 14.0. The van der Waals surface area contributed by atoms with Gasteiger partial charge in [0.05, 0.1) is 12.0 Å². The number of halogens is 1. The van der Waals surface area contributed by atoms with Crippen LogP contribution in [-0.2, 0) is 16.6 Å². The van der Waals surface area contributed by atoms with Crippen molar-refractivity contribution in [3.8, 4) is 0 Å². The quantitative estimate of drug-likeness (QED) is 0.290. The number of furan rings is 1. The lowest BCUT2D eigenvalue weighted by atomic mass is 9.86. The fourth-order valence-electron chi connectivity index (χ4n) is 2.22. The standard InChI is InChI=1S/C15H26N4O3S.HI/c1-2-16-15(18-12-14-7-4-9-22-14)17-8-10-23(20,21)19-11-13-5-3-6-13;/h4,7,9,13,19H,2-3,5-6,8,10-12H2,1H3,(H2,16,17,18);1H. The monoisotopic (exact) mass is 470 g/mol. The van der Waals surface area contributed by atoms with Crippen molar-refractivity contribution in [3.63, 3.8) is 0 Å². The van der Waals surface area contributed by atoms with Crippen LogP contribution in [0.15, 0.2) is 27.8 Å². The molecular formula is C15H27IN4O3S. The van der Waals surface area contributed by atoms with E-state index in [0.717, 1.165) is 18.6 Å². The summed E-state index contributed by atoms with van der Waals surface area (Å²) in [5.41, 5.74) is 0. The van der Waals surface area contributed by atoms with Gasteiger partial charge in [-0.2, -0.15) is 0 Å². The molecule has 1 aliphatic rings. The van der Waals surface area contributed by atoms with E-state index in [1.54, 1.807) is 6.26 Å². The molecule has 1 aliphatic carbocycles. The van der Waals surface area contributed by atoms with Gasteiger partial charge in [-0.3, -0.25) is 0 Å². The van der Waals surface area contributed by atoms with E-state index < -0.39 is 10.0 Å². The Labute approximate surface area is 161 Å². The Morgan fingerprint density at radius 2 is 2.17 bits per heavy atom. The Morgan fingerprint density at radius 3 is 2.75 bits per heavy atom. The Bertz CT molecular complexity index is 586. The molecule has 1 aromatic heterocycles. The molecule has 1 fully saturated rings. The number of sulfonamides is 1. The minimum absolute atomic E-state index is 0. The van der Waals surface area contributed by atoms with Crippen LogP contribution < -0.4 is 15.4 Å². The number of hydrogen-bond donors (Lipinski definition) is 3. The maximum Gasteiger partial charge on any atom is 0.213 e. The summed E-state index contributed by atoms with van der Waals surface area (Å²) in [5, 5.41) is 6.11. The molecule has 0 unspecified atom stereocenters. The largest absolute Gasteiger partial charge is 0.467 e. The summed E-state index contributed by atoms with van der Waals surface area (Å²) in [6.45, 7) is 3.95. The van der Waals surface area contributed by atoms with Gasteiger partial charge in [0.1, 0.15) is 12.3 Å². The van der Waals surface area contributed by atoms with Crippen molar-refractivity contribution in [2.24, 2.45) is 10.9 Å².